The Bertz CT molecular complexity index is 3190. The molecule has 0 atom stereocenters. The molecule has 0 amide bonds. The van der Waals surface area contributed by atoms with Crippen LogP contribution < -0.4 is 4.90 Å². The average Bonchev–Trinajstić information content (AvgIpc) is 3.84. The second kappa shape index (κ2) is 13.8. The third kappa shape index (κ3) is 5.55. The molecule has 0 fully saturated rings. The first-order valence-electron chi connectivity index (χ1n) is 19.4. The van der Waals surface area contributed by atoms with Crippen molar-refractivity contribution in [3.05, 3.63) is 218 Å². The molecule has 0 spiro atoms. The molecule has 0 bridgehead atoms. The van der Waals surface area contributed by atoms with E-state index < -0.39 is 0 Å². The van der Waals surface area contributed by atoms with E-state index in [0.29, 0.717) is 0 Å². The smallest absolute Gasteiger partial charge is 0.0555 e. The van der Waals surface area contributed by atoms with Crippen LogP contribution in [0.25, 0.3) is 81.0 Å². The summed E-state index contributed by atoms with van der Waals surface area (Å²) in [5, 5.41) is 5.02. The van der Waals surface area contributed by atoms with Gasteiger partial charge >= 0.3 is 0 Å². The number of aromatic nitrogens is 1. The molecular weight excluding hydrogens is 709 g/mol. The zero-order valence-corrected chi connectivity index (χ0v) is 31.9. The fourth-order valence-electron chi connectivity index (χ4n) is 8.76. The number of hydrogen-bond acceptors (Lipinski definition) is 2. The Kier molecular flexibility index (Phi) is 8.04. The molecule has 57 heavy (non-hydrogen) atoms. The molecule has 2 nitrogen and oxygen atoms in total. The predicted octanol–water partition coefficient (Wildman–Crippen LogP) is 15.6. The summed E-state index contributed by atoms with van der Waals surface area (Å²) >= 11 is 1.86. The van der Waals surface area contributed by atoms with Gasteiger partial charge in [-0.2, -0.15) is 0 Å². The average molecular weight is 745 g/mol. The van der Waals surface area contributed by atoms with Gasteiger partial charge in [0, 0.05) is 47.9 Å². The molecule has 0 aliphatic heterocycles. The first-order chi connectivity index (χ1) is 28.3. The van der Waals surface area contributed by atoms with Crippen LogP contribution in [0, 0.1) is 0 Å². The van der Waals surface area contributed by atoms with Gasteiger partial charge in [0.15, 0.2) is 0 Å². The lowest BCUT2D eigenvalue weighted by Gasteiger charge is -2.31. The largest absolute Gasteiger partial charge is 0.309 e. The molecule has 0 saturated heterocycles. The first-order valence-corrected chi connectivity index (χ1v) is 20.3. The van der Waals surface area contributed by atoms with Gasteiger partial charge in [-0.3, -0.25) is 0 Å². The van der Waals surface area contributed by atoms with Gasteiger partial charge in [-0.05, 0) is 82.4 Å². The zero-order chi connectivity index (χ0) is 37.7. The van der Waals surface area contributed by atoms with E-state index in [-0.39, 0.29) is 0 Å². The Morgan fingerprint density at radius 2 is 0.895 bits per heavy atom. The SMILES string of the molecule is c1ccc(-c2ccccc2-c2c(-c3ccccc3)cccc2N(c2cccc(-n3c4ccccc4c4ccccc43)c2)c2cccc3sc4ccccc4c23)cc1. The van der Waals surface area contributed by atoms with Crippen LogP contribution in [0.2, 0.25) is 0 Å². The van der Waals surface area contributed by atoms with Gasteiger partial charge in [-0.25, -0.2) is 0 Å². The highest BCUT2D eigenvalue weighted by molar-refractivity contribution is 7.26. The molecule has 0 N–H and O–H groups in total. The fourth-order valence-corrected chi connectivity index (χ4v) is 9.89. The summed E-state index contributed by atoms with van der Waals surface area (Å²) in [4.78, 5) is 2.52. The minimum Gasteiger partial charge on any atom is -0.309 e. The summed E-state index contributed by atoms with van der Waals surface area (Å²) in [5.74, 6) is 0. The van der Waals surface area contributed by atoms with E-state index in [1.165, 1.54) is 75.4 Å². The van der Waals surface area contributed by atoms with Crippen LogP contribution in [0.4, 0.5) is 17.1 Å². The minimum absolute atomic E-state index is 1.08. The van der Waals surface area contributed by atoms with E-state index in [9.17, 15) is 0 Å². The summed E-state index contributed by atoms with van der Waals surface area (Å²) in [6.45, 7) is 0. The molecule has 0 radical (unpaired) electrons. The summed E-state index contributed by atoms with van der Waals surface area (Å²) in [6, 6.07) is 79.5. The molecule has 0 saturated carbocycles. The van der Waals surface area contributed by atoms with Crippen LogP contribution in [0.5, 0.6) is 0 Å². The Balaban J connectivity index is 1.25. The van der Waals surface area contributed by atoms with Crippen molar-refractivity contribution in [2.75, 3.05) is 4.90 Å². The van der Waals surface area contributed by atoms with Gasteiger partial charge in [-0.1, -0.05) is 164 Å². The highest BCUT2D eigenvalue weighted by Gasteiger charge is 2.25. The number of benzene rings is 9. The van der Waals surface area contributed by atoms with Crippen molar-refractivity contribution in [1.82, 2.24) is 4.57 Å². The standard InChI is InChI=1S/C54H36N2S/c1-3-18-37(19-4-1)41-24-7-8-27-45(41)53-42(38-20-5-2-6-21-38)29-16-32-49(53)56(50-33-17-35-52-54(50)46-28-11-14-34-51(46)57-52)40-23-15-22-39(36-40)55-47-30-12-9-25-43(47)44-26-10-13-31-48(44)55/h1-36H. The van der Waals surface area contributed by atoms with Gasteiger partial charge in [0.25, 0.3) is 0 Å². The first kappa shape index (κ1) is 33.2. The number of para-hydroxylation sites is 2. The van der Waals surface area contributed by atoms with Gasteiger partial charge in [0.2, 0.25) is 0 Å². The maximum Gasteiger partial charge on any atom is 0.0555 e. The van der Waals surface area contributed by atoms with Gasteiger partial charge < -0.3 is 9.47 Å². The number of nitrogens with zero attached hydrogens (tertiary/aromatic N) is 2. The van der Waals surface area contributed by atoms with Gasteiger partial charge in [0.1, 0.15) is 0 Å². The molecule has 0 aliphatic carbocycles. The number of anilines is 3. The van der Waals surface area contributed by atoms with Gasteiger partial charge in [0.05, 0.1) is 22.4 Å². The van der Waals surface area contributed by atoms with Crippen LogP contribution in [-0.4, -0.2) is 4.57 Å². The molecule has 0 unspecified atom stereocenters. The highest BCUT2D eigenvalue weighted by atomic mass is 32.1. The van der Waals surface area contributed by atoms with Crippen LogP contribution in [0.1, 0.15) is 0 Å². The quantitative estimate of drug-likeness (QED) is 0.158. The number of thiophene rings is 1. The lowest BCUT2D eigenvalue weighted by molar-refractivity contribution is 1.17. The Hall–Kier alpha value is -7.20. The topological polar surface area (TPSA) is 8.17 Å². The van der Waals surface area contributed by atoms with Crippen molar-refractivity contribution in [3.63, 3.8) is 0 Å². The van der Waals surface area contributed by atoms with E-state index in [1.807, 2.05) is 11.3 Å². The normalized spacial score (nSPS) is 11.5. The maximum absolute atomic E-state index is 2.52. The molecule has 11 aromatic rings. The zero-order valence-electron chi connectivity index (χ0n) is 31.1. The Morgan fingerprint density at radius 1 is 0.368 bits per heavy atom. The molecule has 11 rings (SSSR count). The van der Waals surface area contributed by atoms with E-state index in [2.05, 4.69) is 228 Å². The highest BCUT2D eigenvalue weighted by Crippen LogP contribution is 2.51. The monoisotopic (exact) mass is 744 g/mol. The van der Waals surface area contributed by atoms with Crippen LogP contribution in [-0.2, 0) is 0 Å². The van der Waals surface area contributed by atoms with E-state index >= 15 is 0 Å². The van der Waals surface area contributed by atoms with Gasteiger partial charge in [-0.15, -0.1) is 11.3 Å². The molecule has 9 aromatic carbocycles. The summed E-state index contributed by atoms with van der Waals surface area (Å²) in [7, 11) is 0. The number of hydrogen-bond donors (Lipinski definition) is 0. The van der Waals surface area contributed by atoms with Crippen molar-refractivity contribution in [1.29, 1.82) is 0 Å². The summed E-state index contributed by atoms with van der Waals surface area (Å²) in [6.07, 6.45) is 0. The van der Waals surface area contributed by atoms with Crippen LogP contribution in [0.3, 0.4) is 0 Å². The van der Waals surface area contributed by atoms with E-state index in [0.717, 1.165) is 22.7 Å². The van der Waals surface area contributed by atoms with E-state index in [4.69, 9.17) is 0 Å². The second-order valence-electron chi connectivity index (χ2n) is 14.5. The minimum atomic E-state index is 1.08. The van der Waals surface area contributed by atoms with Crippen molar-refractivity contribution in [2.24, 2.45) is 0 Å². The molecule has 268 valence electrons. The van der Waals surface area contributed by atoms with Crippen LogP contribution in [0.15, 0.2) is 218 Å². The summed E-state index contributed by atoms with van der Waals surface area (Å²) in [5.41, 5.74) is 13.9. The maximum atomic E-state index is 2.52. The number of fused-ring (bicyclic) bond motifs is 6. The molecule has 3 heteroatoms. The summed E-state index contributed by atoms with van der Waals surface area (Å²) < 4.78 is 4.97. The second-order valence-corrected chi connectivity index (χ2v) is 15.5. The fraction of sp³-hybridized carbons (Fsp3) is 0. The third-order valence-electron chi connectivity index (χ3n) is 11.2. The Morgan fingerprint density at radius 3 is 1.63 bits per heavy atom. The third-order valence-corrected chi connectivity index (χ3v) is 12.3. The molecule has 0 aliphatic rings. The lowest BCUT2D eigenvalue weighted by Crippen LogP contribution is -2.13. The van der Waals surface area contributed by atoms with E-state index in [1.54, 1.807) is 0 Å². The molecule has 2 heterocycles. The van der Waals surface area contributed by atoms with Crippen molar-refractivity contribution < 1.29 is 0 Å². The molecular formula is C54H36N2S. The van der Waals surface area contributed by atoms with Crippen LogP contribution >= 0.6 is 11.3 Å². The van der Waals surface area contributed by atoms with Crippen molar-refractivity contribution >= 4 is 70.4 Å². The molecule has 2 aromatic heterocycles. The Labute approximate surface area is 335 Å². The lowest BCUT2D eigenvalue weighted by atomic mass is 9.87. The number of rotatable bonds is 7. The van der Waals surface area contributed by atoms with Crippen molar-refractivity contribution in [3.8, 4) is 39.1 Å². The predicted molar refractivity (Wildman–Crippen MR) is 245 cm³/mol. The van der Waals surface area contributed by atoms with Crippen molar-refractivity contribution in [2.45, 2.75) is 0 Å².